The quantitative estimate of drug-likeness (QED) is 0.617. The van der Waals surface area contributed by atoms with Gasteiger partial charge in [-0.1, -0.05) is 30.3 Å². The summed E-state index contributed by atoms with van der Waals surface area (Å²) >= 11 is 0. The molecular weight excluding hydrogens is 404 g/mol. The van der Waals surface area contributed by atoms with E-state index < -0.39 is 0 Å². The molecule has 0 aliphatic heterocycles. The fraction of sp³-hybridized carbons (Fsp3) is 0.320. The highest BCUT2D eigenvalue weighted by atomic mass is 16.5. The number of methoxy groups -OCH3 is 1. The lowest BCUT2D eigenvalue weighted by atomic mass is 10.1. The topological polar surface area (TPSA) is 76.5 Å². The first kappa shape index (κ1) is 21.6. The summed E-state index contributed by atoms with van der Waals surface area (Å²) in [6.07, 6.45) is 2.72. The molecule has 1 N–H and O–H groups in total. The Labute approximate surface area is 188 Å². The lowest BCUT2D eigenvalue weighted by Crippen LogP contribution is -2.38. The Hall–Kier alpha value is -3.61. The van der Waals surface area contributed by atoms with Crippen molar-refractivity contribution in [3.05, 3.63) is 71.0 Å². The minimum absolute atomic E-state index is 0.0562. The van der Waals surface area contributed by atoms with Crippen LogP contribution in [0.25, 0.3) is 5.69 Å². The molecule has 0 saturated carbocycles. The molecule has 2 amide bonds. The van der Waals surface area contributed by atoms with Crippen molar-refractivity contribution in [3.63, 3.8) is 0 Å². The van der Waals surface area contributed by atoms with E-state index >= 15 is 0 Å². The highest BCUT2D eigenvalue weighted by molar-refractivity contribution is 6.00. The molecule has 3 aromatic rings. The van der Waals surface area contributed by atoms with E-state index in [0.29, 0.717) is 23.7 Å². The number of hydrogen-bond acceptors (Lipinski definition) is 4. The first-order valence-corrected chi connectivity index (χ1v) is 10.9. The van der Waals surface area contributed by atoms with Gasteiger partial charge in [0.1, 0.15) is 12.3 Å². The van der Waals surface area contributed by atoms with Gasteiger partial charge in [-0.15, -0.1) is 0 Å². The number of likely N-dealkylation sites (N-methyl/N-ethyl adjacent to an activating group) is 1. The number of amides is 2. The number of rotatable bonds is 7. The molecule has 0 saturated heterocycles. The molecule has 0 bridgehead atoms. The molecule has 0 unspecified atom stereocenters. The SMILES string of the molecule is CCN(CC(=O)Nc1ccccc1OC)C(=O)c1nn(-c2ccccc2C)c2c1CCC2. The monoisotopic (exact) mass is 432 g/mol. The average molecular weight is 433 g/mol. The average Bonchev–Trinajstić information content (AvgIpc) is 3.41. The van der Waals surface area contributed by atoms with E-state index in [4.69, 9.17) is 9.84 Å². The molecule has 1 aliphatic rings. The molecule has 0 fully saturated rings. The molecule has 32 heavy (non-hydrogen) atoms. The molecule has 1 aliphatic carbocycles. The number of benzene rings is 2. The van der Waals surface area contributed by atoms with Gasteiger partial charge in [-0.2, -0.15) is 5.10 Å². The number of ether oxygens (including phenoxy) is 1. The minimum Gasteiger partial charge on any atom is -0.495 e. The number of para-hydroxylation sites is 3. The predicted octanol–water partition coefficient (Wildman–Crippen LogP) is 3.78. The molecule has 166 valence electrons. The number of anilines is 1. The summed E-state index contributed by atoms with van der Waals surface area (Å²) in [5, 5.41) is 7.56. The molecule has 1 heterocycles. The Bertz CT molecular complexity index is 1150. The molecule has 0 spiro atoms. The van der Waals surface area contributed by atoms with E-state index in [2.05, 4.69) is 5.32 Å². The molecule has 1 aromatic heterocycles. The summed E-state index contributed by atoms with van der Waals surface area (Å²) in [7, 11) is 1.55. The Kier molecular flexibility index (Phi) is 6.25. The van der Waals surface area contributed by atoms with Crippen molar-refractivity contribution in [2.45, 2.75) is 33.1 Å². The van der Waals surface area contributed by atoms with Crippen molar-refractivity contribution in [2.24, 2.45) is 0 Å². The van der Waals surface area contributed by atoms with Gasteiger partial charge in [-0.05, 0) is 56.9 Å². The van der Waals surface area contributed by atoms with Crippen LogP contribution >= 0.6 is 0 Å². The highest BCUT2D eigenvalue weighted by Gasteiger charge is 2.30. The lowest BCUT2D eigenvalue weighted by molar-refractivity contribution is -0.116. The Morgan fingerprint density at radius 1 is 1.12 bits per heavy atom. The van der Waals surface area contributed by atoms with Crippen LogP contribution in [-0.4, -0.2) is 46.7 Å². The largest absolute Gasteiger partial charge is 0.495 e. The van der Waals surface area contributed by atoms with Gasteiger partial charge in [0.15, 0.2) is 5.69 Å². The number of carbonyl (C=O) groups is 2. The maximum Gasteiger partial charge on any atom is 0.275 e. The molecule has 0 atom stereocenters. The standard InChI is InChI=1S/C25H28N4O3/c1-4-28(16-23(30)26-19-12-6-8-15-22(19)32-3)25(31)24-18-11-9-14-21(18)29(27-24)20-13-7-5-10-17(20)2/h5-8,10,12-13,15H,4,9,11,14,16H2,1-3H3,(H,26,30). The van der Waals surface area contributed by atoms with Crippen molar-refractivity contribution < 1.29 is 14.3 Å². The number of fused-ring (bicyclic) bond motifs is 1. The Morgan fingerprint density at radius 2 is 1.88 bits per heavy atom. The van der Waals surface area contributed by atoms with Gasteiger partial charge in [-0.3, -0.25) is 9.59 Å². The first-order chi connectivity index (χ1) is 15.5. The summed E-state index contributed by atoms with van der Waals surface area (Å²) in [6, 6.07) is 15.2. The number of aromatic nitrogens is 2. The van der Waals surface area contributed by atoms with E-state index in [-0.39, 0.29) is 18.4 Å². The number of carbonyl (C=O) groups excluding carboxylic acids is 2. The predicted molar refractivity (Wildman–Crippen MR) is 124 cm³/mol. The smallest absolute Gasteiger partial charge is 0.275 e. The van der Waals surface area contributed by atoms with E-state index in [0.717, 1.165) is 41.8 Å². The second-order valence-corrected chi connectivity index (χ2v) is 7.89. The van der Waals surface area contributed by atoms with Crippen LogP contribution in [0.4, 0.5) is 5.69 Å². The summed E-state index contributed by atoms with van der Waals surface area (Å²) in [5.74, 6) is 0.0814. The molecule has 2 aromatic carbocycles. The lowest BCUT2D eigenvalue weighted by Gasteiger charge is -2.20. The van der Waals surface area contributed by atoms with Crippen molar-refractivity contribution in [3.8, 4) is 11.4 Å². The maximum atomic E-state index is 13.4. The van der Waals surface area contributed by atoms with Crippen LogP contribution in [0, 0.1) is 6.92 Å². The van der Waals surface area contributed by atoms with Crippen LogP contribution < -0.4 is 10.1 Å². The number of aryl methyl sites for hydroxylation is 1. The first-order valence-electron chi connectivity index (χ1n) is 10.9. The third-order valence-electron chi connectivity index (χ3n) is 5.86. The van der Waals surface area contributed by atoms with Gasteiger partial charge in [0.2, 0.25) is 5.91 Å². The number of hydrogen-bond donors (Lipinski definition) is 1. The van der Waals surface area contributed by atoms with Gasteiger partial charge in [0, 0.05) is 17.8 Å². The second-order valence-electron chi connectivity index (χ2n) is 7.89. The number of nitrogens with zero attached hydrogens (tertiary/aromatic N) is 3. The van der Waals surface area contributed by atoms with Crippen molar-refractivity contribution in [1.82, 2.24) is 14.7 Å². The normalized spacial score (nSPS) is 12.3. The summed E-state index contributed by atoms with van der Waals surface area (Å²) in [5.41, 5.74) is 5.22. The van der Waals surface area contributed by atoms with Crippen LogP contribution in [0.3, 0.4) is 0 Å². The van der Waals surface area contributed by atoms with E-state index in [9.17, 15) is 9.59 Å². The Balaban J connectivity index is 1.57. The fourth-order valence-electron chi connectivity index (χ4n) is 4.20. The zero-order chi connectivity index (χ0) is 22.7. The maximum absolute atomic E-state index is 13.4. The molecule has 7 heteroatoms. The van der Waals surface area contributed by atoms with Crippen molar-refractivity contribution in [1.29, 1.82) is 0 Å². The van der Waals surface area contributed by atoms with Gasteiger partial charge in [0.25, 0.3) is 5.91 Å². The van der Waals surface area contributed by atoms with Crippen LogP contribution in [0.15, 0.2) is 48.5 Å². The van der Waals surface area contributed by atoms with E-state index in [1.54, 1.807) is 19.2 Å². The van der Waals surface area contributed by atoms with Gasteiger partial charge in [0.05, 0.1) is 18.5 Å². The van der Waals surface area contributed by atoms with Crippen molar-refractivity contribution >= 4 is 17.5 Å². The van der Waals surface area contributed by atoms with Crippen LogP contribution in [-0.2, 0) is 17.6 Å². The summed E-state index contributed by atoms with van der Waals surface area (Å²) in [4.78, 5) is 27.7. The zero-order valence-electron chi connectivity index (χ0n) is 18.7. The van der Waals surface area contributed by atoms with E-state index in [1.807, 2.05) is 54.9 Å². The fourth-order valence-corrected chi connectivity index (χ4v) is 4.20. The third kappa shape index (κ3) is 4.10. The van der Waals surface area contributed by atoms with E-state index in [1.165, 1.54) is 4.90 Å². The molecular formula is C25H28N4O3. The summed E-state index contributed by atoms with van der Waals surface area (Å²) in [6.45, 7) is 4.26. The van der Waals surface area contributed by atoms with Crippen LogP contribution in [0.5, 0.6) is 5.75 Å². The van der Waals surface area contributed by atoms with Gasteiger partial charge < -0.3 is 15.0 Å². The second kappa shape index (κ2) is 9.26. The van der Waals surface area contributed by atoms with Crippen LogP contribution in [0.1, 0.15) is 40.7 Å². The Morgan fingerprint density at radius 3 is 2.62 bits per heavy atom. The van der Waals surface area contributed by atoms with Gasteiger partial charge in [-0.25, -0.2) is 4.68 Å². The molecule has 7 nitrogen and oxygen atoms in total. The number of nitrogens with one attached hydrogen (secondary N) is 1. The third-order valence-corrected chi connectivity index (χ3v) is 5.86. The highest BCUT2D eigenvalue weighted by Crippen LogP contribution is 2.29. The van der Waals surface area contributed by atoms with Gasteiger partial charge >= 0.3 is 0 Å². The van der Waals surface area contributed by atoms with Crippen LogP contribution in [0.2, 0.25) is 0 Å². The zero-order valence-corrected chi connectivity index (χ0v) is 18.7. The molecule has 4 rings (SSSR count). The van der Waals surface area contributed by atoms with Crippen molar-refractivity contribution in [2.75, 3.05) is 25.5 Å². The summed E-state index contributed by atoms with van der Waals surface area (Å²) < 4.78 is 7.20. The minimum atomic E-state index is -0.278. The molecule has 0 radical (unpaired) electrons.